The van der Waals surface area contributed by atoms with Crippen LogP contribution < -0.4 is 4.74 Å². The van der Waals surface area contributed by atoms with Crippen molar-refractivity contribution in [2.75, 3.05) is 20.2 Å². The average Bonchev–Trinajstić information content (AvgIpc) is 3.52. The molecule has 2 aliphatic heterocycles. The molecule has 7 nitrogen and oxygen atoms in total. The Kier molecular flexibility index (Phi) is 6.42. The number of ether oxygens (including phenoxy) is 1. The number of hydrogen-bond acceptors (Lipinski definition) is 6. The maximum atomic E-state index is 13.3. The maximum absolute atomic E-state index is 13.3. The Balaban J connectivity index is 1.42. The molecule has 0 spiro atoms. The van der Waals surface area contributed by atoms with E-state index < -0.39 is 17.7 Å². The van der Waals surface area contributed by atoms with Crippen LogP contribution in [-0.4, -0.2) is 52.8 Å². The van der Waals surface area contributed by atoms with Crippen molar-refractivity contribution in [3.63, 3.8) is 0 Å². The number of rotatable bonds is 6. The van der Waals surface area contributed by atoms with E-state index in [0.29, 0.717) is 17.1 Å². The van der Waals surface area contributed by atoms with Crippen molar-refractivity contribution >= 4 is 17.4 Å². The number of carbonyl (C=O) groups excluding carboxylic acids is 2. The molecule has 35 heavy (non-hydrogen) atoms. The summed E-state index contributed by atoms with van der Waals surface area (Å²) in [6.07, 6.45) is 2.99. The highest BCUT2D eigenvalue weighted by molar-refractivity contribution is 6.46. The first-order valence-corrected chi connectivity index (χ1v) is 11.8. The van der Waals surface area contributed by atoms with Crippen LogP contribution in [0.4, 0.5) is 0 Å². The van der Waals surface area contributed by atoms with Crippen LogP contribution in [0.2, 0.25) is 0 Å². The molecule has 2 aliphatic rings. The molecule has 3 aromatic rings. The molecule has 1 amide bonds. The molecule has 0 saturated carbocycles. The number of Topliss-reactive ketones (excluding diaryl/α,β-unsaturated/α-hetero) is 1. The number of carbonyl (C=O) groups is 2. The van der Waals surface area contributed by atoms with Gasteiger partial charge in [0.05, 0.1) is 18.9 Å². The molecule has 5 rings (SSSR count). The highest BCUT2D eigenvalue weighted by atomic mass is 16.5. The fourth-order valence-corrected chi connectivity index (χ4v) is 5.05. The van der Waals surface area contributed by atoms with E-state index in [0.717, 1.165) is 32.5 Å². The maximum Gasteiger partial charge on any atom is 0.296 e. The number of benzene rings is 2. The summed E-state index contributed by atoms with van der Waals surface area (Å²) in [4.78, 5) is 30.5. The van der Waals surface area contributed by atoms with Crippen LogP contribution in [0.3, 0.4) is 0 Å². The van der Waals surface area contributed by atoms with E-state index in [2.05, 4.69) is 17.0 Å². The lowest BCUT2D eigenvalue weighted by molar-refractivity contribution is -0.142. The second-order valence-corrected chi connectivity index (χ2v) is 8.94. The number of piperidine rings is 1. The zero-order valence-corrected chi connectivity index (χ0v) is 19.6. The molecular weight excluding hydrogens is 444 g/mol. The summed E-state index contributed by atoms with van der Waals surface area (Å²) in [6.45, 7) is 2.48. The van der Waals surface area contributed by atoms with Crippen LogP contribution >= 0.6 is 0 Å². The lowest BCUT2D eigenvalue weighted by Gasteiger charge is -2.38. The molecule has 0 radical (unpaired) electrons. The summed E-state index contributed by atoms with van der Waals surface area (Å²) in [5.74, 6) is -0.399. The van der Waals surface area contributed by atoms with Crippen molar-refractivity contribution in [2.24, 2.45) is 0 Å². The molecular formula is C28H28N2O5. The SMILES string of the molecule is COc1ccc(/C(O)=C2/C(=O)C(=O)N(C3CCN(Cc4ccccc4)CC3)C2c2ccco2)cc1. The number of methoxy groups -OCH3 is 1. The zero-order chi connectivity index (χ0) is 24.4. The third-order valence-electron chi connectivity index (χ3n) is 6.86. The van der Waals surface area contributed by atoms with Crippen LogP contribution in [0, 0.1) is 0 Å². The second kappa shape index (κ2) is 9.80. The lowest BCUT2D eigenvalue weighted by Crippen LogP contribution is -2.46. The molecule has 7 heteroatoms. The Morgan fingerprint density at radius 1 is 1.00 bits per heavy atom. The number of likely N-dealkylation sites (tertiary alicyclic amines) is 2. The summed E-state index contributed by atoms with van der Waals surface area (Å²) in [5.41, 5.74) is 1.75. The fourth-order valence-electron chi connectivity index (χ4n) is 5.05. The fraction of sp³-hybridized carbons (Fsp3) is 0.286. The van der Waals surface area contributed by atoms with Gasteiger partial charge >= 0.3 is 0 Å². The summed E-state index contributed by atoms with van der Waals surface area (Å²) < 4.78 is 10.9. The van der Waals surface area contributed by atoms with E-state index in [1.165, 1.54) is 11.8 Å². The normalized spacial score (nSPS) is 20.9. The highest BCUT2D eigenvalue weighted by Crippen LogP contribution is 2.42. The molecule has 180 valence electrons. The molecule has 0 bridgehead atoms. The van der Waals surface area contributed by atoms with E-state index in [9.17, 15) is 14.7 Å². The van der Waals surface area contributed by atoms with Crippen molar-refractivity contribution in [3.05, 3.63) is 95.5 Å². The zero-order valence-electron chi connectivity index (χ0n) is 19.6. The van der Waals surface area contributed by atoms with Crippen molar-refractivity contribution in [1.82, 2.24) is 9.80 Å². The van der Waals surface area contributed by atoms with Crippen molar-refractivity contribution in [1.29, 1.82) is 0 Å². The van der Waals surface area contributed by atoms with Gasteiger partial charge in [-0.1, -0.05) is 30.3 Å². The second-order valence-electron chi connectivity index (χ2n) is 8.94. The number of furan rings is 1. The third-order valence-corrected chi connectivity index (χ3v) is 6.86. The van der Waals surface area contributed by atoms with Crippen LogP contribution in [0.15, 0.2) is 83.0 Å². The van der Waals surface area contributed by atoms with Gasteiger partial charge in [-0.3, -0.25) is 14.5 Å². The Morgan fingerprint density at radius 3 is 2.34 bits per heavy atom. The van der Waals surface area contributed by atoms with Gasteiger partial charge in [-0.15, -0.1) is 0 Å². The monoisotopic (exact) mass is 472 g/mol. The van der Waals surface area contributed by atoms with Crippen LogP contribution in [0.25, 0.3) is 5.76 Å². The van der Waals surface area contributed by atoms with Gasteiger partial charge in [-0.2, -0.15) is 0 Å². The van der Waals surface area contributed by atoms with Gasteiger partial charge in [0.1, 0.15) is 23.3 Å². The van der Waals surface area contributed by atoms with E-state index in [1.54, 1.807) is 48.4 Å². The van der Waals surface area contributed by atoms with Crippen LogP contribution in [0.1, 0.15) is 35.8 Å². The van der Waals surface area contributed by atoms with Crippen molar-refractivity contribution in [3.8, 4) is 5.75 Å². The number of hydrogen-bond donors (Lipinski definition) is 1. The standard InChI is InChI=1S/C28H28N2O5/c1-34-22-11-9-20(10-12-22)26(31)24-25(23-8-5-17-35-23)30(28(33)27(24)32)21-13-15-29(16-14-21)18-19-6-3-2-4-7-19/h2-12,17,21,25,31H,13-16,18H2,1H3/b26-24-. The highest BCUT2D eigenvalue weighted by Gasteiger charge is 2.50. The predicted octanol–water partition coefficient (Wildman–Crippen LogP) is 4.37. The molecule has 2 saturated heterocycles. The average molecular weight is 473 g/mol. The lowest BCUT2D eigenvalue weighted by atomic mass is 9.97. The van der Waals surface area contributed by atoms with Gasteiger partial charge in [-0.05, 0) is 54.8 Å². The number of aliphatic hydroxyl groups is 1. The minimum Gasteiger partial charge on any atom is -0.507 e. The largest absolute Gasteiger partial charge is 0.507 e. The molecule has 2 aromatic carbocycles. The minimum atomic E-state index is -0.766. The van der Waals surface area contributed by atoms with Crippen LogP contribution in [-0.2, 0) is 16.1 Å². The van der Waals surface area contributed by atoms with E-state index in [1.807, 2.05) is 18.2 Å². The molecule has 1 unspecified atom stereocenters. The number of amides is 1. The van der Waals surface area contributed by atoms with E-state index >= 15 is 0 Å². The molecule has 1 atom stereocenters. The van der Waals surface area contributed by atoms with Gasteiger partial charge < -0.3 is 19.2 Å². The Hall–Kier alpha value is -3.84. The summed E-state index contributed by atoms with van der Waals surface area (Å²) >= 11 is 0. The predicted molar refractivity (Wildman–Crippen MR) is 131 cm³/mol. The summed E-state index contributed by atoms with van der Waals surface area (Å²) in [6, 6.07) is 19.6. The number of nitrogens with zero attached hydrogens (tertiary/aromatic N) is 2. The molecule has 1 aromatic heterocycles. The Labute approximate surface area is 204 Å². The van der Waals surface area contributed by atoms with Gasteiger partial charge in [-0.25, -0.2) is 0 Å². The van der Waals surface area contributed by atoms with Gasteiger partial charge in [0.15, 0.2) is 0 Å². The first-order chi connectivity index (χ1) is 17.1. The molecule has 3 heterocycles. The van der Waals surface area contributed by atoms with Gasteiger partial charge in [0, 0.05) is 31.2 Å². The quantitative estimate of drug-likeness (QED) is 0.326. The number of ketones is 1. The van der Waals surface area contributed by atoms with E-state index in [-0.39, 0.29) is 17.4 Å². The number of aliphatic hydroxyl groups excluding tert-OH is 1. The molecule has 0 aliphatic carbocycles. The third kappa shape index (κ3) is 4.47. The van der Waals surface area contributed by atoms with Crippen molar-refractivity contribution < 1.29 is 23.8 Å². The summed E-state index contributed by atoms with van der Waals surface area (Å²) in [5, 5.41) is 11.2. The van der Waals surface area contributed by atoms with Crippen molar-refractivity contribution in [2.45, 2.75) is 31.5 Å². The minimum absolute atomic E-state index is 0.0573. The topological polar surface area (TPSA) is 83.2 Å². The van der Waals surface area contributed by atoms with Crippen LogP contribution in [0.5, 0.6) is 5.75 Å². The smallest absolute Gasteiger partial charge is 0.296 e. The first kappa shape index (κ1) is 22.9. The first-order valence-electron chi connectivity index (χ1n) is 11.8. The van der Waals surface area contributed by atoms with Gasteiger partial charge in [0.25, 0.3) is 11.7 Å². The molecule has 2 fully saturated rings. The van der Waals surface area contributed by atoms with E-state index in [4.69, 9.17) is 9.15 Å². The Morgan fingerprint density at radius 2 is 1.71 bits per heavy atom. The Bertz CT molecular complexity index is 1210. The van der Waals surface area contributed by atoms with Gasteiger partial charge in [0.2, 0.25) is 0 Å². The summed E-state index contributed by atoms with van der Waals surface area (Å²) in [7, 11) is 1.56. The molecule has 1 N–H and O–H groups in total.